The van der Waals surface area contributed by atoms with Crippen LogP contribution in [0.25, 0.3) is 0 Å². The molecule has 0 aromatic heterocycles. The average molecular weight is 386 g/mol. The zero-order valence-corrected chi connectivity index (χ0v) is 14.3. The predicted molar refractivity (Wildman–Crippen MR) is 83.9 cm³/mol. The summed E-state index contributed by atoms with van der Waals surface area (Å²) in [5.74, 6) is 0.511. The first kappa shape index (κ1) is 17.7. The standard InChI is InChI=1S/C12H17BrN2O3S.ClH/c1-18-11-5-9(13)6-12(7-11)19(16,17)15-4-2-3-10(15)8-14;/h5-7,10H,2-4,8,14H2,1H3;1H. The molecule has 2 N–H and O–H groups in total. The minimum atomic E-state index is -3.51. The maximum Gasteiger partial charge on any atom is 0.243 e. The summed E-state index contributed by atoms with van der Waals surface area (Å²) in [5.41, 5.74) is 5.64. The van der Waals surface area contributed by atoms with Crippen LogP contribution in [0.2, 0.25) is 0 Å². The summed E-state index contributed by atoms with van der Waals surface area (Å²) in [4.78, 5) is 0.235. The van der Waals surface area contributed by atoms with Crippen LogP contribution in [0.5, 0.6) is 5.75 Å². The highest BCUT2D eigenvalue weighted by atomic mass is 79.9. The Kier molecular flexibility index (Phi) is 6.27. The number of nitrogens with zero attached hydrogens (tertiary/aromatic N) is 1. The van der Waals surface area contributed by atoms with E-state index in [4.69, 9.17) is 10.5 Å². The molecule has 0 spiro atoms. The molecule has 0 radical (unpaired) electrons. The maximum atomic E-state index is 12.6. The van der Waals surface area contributed by atoms with Gasteiger partial charge in [-0.25, -0.2) is 8.42 Å². The molecule has 1 unspecified atom stereocenters. The number of ether oxygens (including phenoxy) is 1. The van der Waals surface area contributed by atoms with Gasteiger partial charge >= 0.3 is 0 Å². The van der Waals surface area contributed by atoms with Gasteiger partial charge in [-0.15, -0.1) is 12.4 Å². The van der Waals surface area contributed by atoms with Crippen LogP contribution in [0, 0.1) is 0 Å². The average Bonchev–Trinajstić information content (AvgIpc) is 2.86. The fraction of sp³-hybridized carbons (Fsp3) is 0.500. The molecule has 114 valence electrons. The van der Waals surface area contributed by atoms with Crippen molar-refractivity contribution in [3.8, 4) is 5.75 Å². The second kappa shape index (κ2) is 7.09. The molecule has 20 heavy (non-hydrogen) atoms. The van der Waals surface area contributed by atoms with E-state index in [1.165, 1.54) is 17.5 Å². The summed E-state index contributed by atoms with van der Waals surface area (Å²) in [6.07, 6.45) is 1.67. The fourth-order valence-electron chi connectivity index (χ4n) is 2.30. The van der Waals surface area contributed by atoms with Gasteiger partial charge in [0.25, 0.3) is 0 Å². The highest BCUT2D eigenvalue weighted by molar-refractivity contribution is 9.10. The van der Waals surface area contributed by atoms with E-state index in [-0.39, 0.29) is 23.3 Å². The second-order valence-electron chi connectivity index (χ2n) is 4.47. The molecule has 1 aromatic rings. The molecule has 5 nitrogen and oxygen atoms in total. The number of sulfonamides is 1. The van der Waals surface area contributed by atoms with Gasteiger partial charge in [-0.1, -0.05) is 15.9 Å². The molecule has 1 saturated heterocycles. The van der Waals surface area contributed by atoms with E-state index in [1.807, 2.05) is 0 Å². The topological polar surface area (TPSA) is 72.6 Å². The highest BCUT2D eigenvalue weighted by Crippen LogP contribution is 2.30. The van der Waals surface area contributed by atoms with Crippen molar-refractivity contribution in [2.45, 2.75) is 23.8 Å². The SMILES string of the molecule is COc1cc(Br)cc(S(=O)(=O)N2CCCC2CN)c1.Cl. The van der Waals surface area contributed by atoms with Crippen molar-refractivity contribution >= 4 is 38.4 Å². The van der Waals surface area contributed by atoms with Crippen LogP contribution in [-0.2, 0) is 10.0 Å². The summed E-state index contributed by atoms with van der Waals surface area (Å²) >= 11 is 3.30. The zero-order valence-electron chi connectivity index (χ0n) is 11.1. The van der Waals surface area contributed by atoms with E-state index >= 15 is 0 Å². The number of hydrogen-bond acceptors (Lipinski definition) is 4. The molecular formula is C12H18BrClN2O3S. The van der Waals surface area contributed by atoms with Gasteiger partial charge in [0.05, 0.1) is 12.0 Å². The molecule has 1 aliphatic heterocycles. The van der Waals surface area contributed by atoms with Gasteiger partial charge in [-0.3, -0.25) is 0 Å². The smallest absolute Gasteiger partial charge is 0.243 e. The van der Waals surface area contributed by atoms with Gasteiger partial charge in [-0.2, -0.15) is 4.31 Å². The monoisotopic (exact) mass is 384 g/mol. The van der Waals surface area contributed by atoms with Crippen LogP contribution < -0.4 is 10.5 Å². The largest absolute Gasteiger partial charge is 0.497 e. The van der Waals surface area contributed by atoms with Crippen molar-refractivity contribution in [2.75, 3.05) is 20.2 Å². The van der Waals surface area contributed by atoms with E-state index in [1.54, 1.807) is 12.1 Å². The van der Waals surface area contributed by atoms with E-state index < -0.39 is 10.0 Å². The lowest BCUT2D eigenvalue weighted by Crippen LogP contribution is -2.39. The molecule has 1 heterocycles. The quantitative estimate of drug-likeness (QED) is 0.860. The Balaban J connectivity index is 0.00000200. The minimum Gasteiger partial charge on any atom is -0.497 e. The maximum absolute atomic E-state index is 12.6. The molecule has 1 fully saturated rings. The van der Waals surface area contributed by atoms with Crippen LogP contribution in [0.15, 0.2) is 27.6 Å². The first-order valence-electron chi connectivity index (χ1n) is 6.05. The van der Waals surface area contributed by atoms with Crippen LogP contribution in [0.3, 0.4) is 0 Å². The van der Waals surface area contributed by atoms with Crippen LogP contribution in [0.4, 0.5) is 0 Å². The zero-order chi connectivity index (χ0) is 14.0. The van der Waals surface area contributed by atoms with Crippen molar-refractivity contribution in [3.63, 3.8) is 0 Å². The van der Waals surface area contributed by atoms with Crippen LogP contribution >= 0.6 is 28.3 Å². The van der Waals surface area contributed by atoms with E-state index in [9.17, 15) is 8.42 Å². The summed E-state index contributed by atoms with van der Waals surface area (Å²) in [7, 11) is -2.00. The van der Waals surface area contributed by atoms with Crippen molar-refractivity contribution in [3.05, 3.63) is 22.7 Å². The van der Waals surface area contributed by atoms with E-state index in [2.05, 4.69) is 15.9 Å². The molecule has 1 aliphatic rings. The molecule has 0 aliphatic carbocycles. The van der Waals surface area contributed by atoms with Gasteiger partial charge in [0.1, 0.15) is 5.75 Å². The molecule has 0 bridgehead atoms. The Morgan fingerprint density at radius 2 is 2.15 bits per heavy atom. The number of methoxy groups -OCH3 is 1. The molecule has 1 aromatic carbocycles. The fourth-order valence-corrected chi connectivity index (χ4v) is 4.69. The van der Waals surface area contributed by atoms with Crippen molar-refractivity contribution in [1.29, 1.82) is 0 Å². The Morgan fingerprint density at radius 1 is 1.45 bits per heavy atom. The van der Waals surface area contributed by atoms with Gasteiger partial charge < -0.3 is 10.5 Å². The normalized spacial score (nSPS) is 19.6. The van der Waals surface area contributed by atoms with Gasteiger partial charge in [0, 0.05) is 29.7 Å². The molecular weight excluding hydrogens is 368 g/mol. The van der Waals surface area contributed by atoms with Gasteiger partial charge in [-0.05, 0) is 25.0 Å². The molecule has 1 atom stereocenters. The third-order valence-corrected chi connectivity index (χ3v) is 5.67. The van der Waals surface area contributed by atoms with Crippen molar-refractivity contribution in [2.24, 2.45) is 5.73 Å². The lowest BCUT2D eigenvalue weighted by molar-refractivity contribution is 0.391. The number of halogens is 2. The van der Waals surface area contributed by atoms with E-state index in [0.717, 1.165) is 12.8 Å². The van der Waals surface area contributed by atoms with Gasteiger partial charge in [0.2, 0.25) is 10.0 Å². The number of hydrogen-bond donors (Lipinski definition) is 1. The summed E-state index contributed by atoms with van der Waals surface area (Å²) in [6.45, 7) is 0.878. The molecule has 2 rings (SSSR count). The second-order valence-corrected chi connectivity index (χ2v) is 7.28. The van der Waals surface area contributed by atoms with Gasteiger partial charge in [0.15, 0.2) is 0 Å². The molecule has 0 amide bonds. The van der Waals surface area contributed by atoms with Crippen LogP contribution in [-0.4, -0.2) is 39.0 Å². The van der Waals surface area contributed by atoms with Crippen molar-refractivity contribution < 1.29 is 13.2 Å². The Hall–Kier alpha value is -0.340. The molecule has 8 heteroatoms. The molecule has 0 saturated carbocycles. The minimum absolute atomic E-state index is 0. The highest BCUT2D eigenvalue weighted by Gasteiger charge is 2.34. The van der Waals surface area contributed by atoms with Crippen molar-refractivity contribution in [1.82, 2.24) is 4.31 Å². The van der Waals surface area contributed by atoms with E-state index in [0.29, 0.717) is 23.3 Å². The Labute approximate surface area is 134 Å². The van der Waals surface area contributed by atoms with Crippen LogP contribution in [0.1, 0.15) is 12.8 Å². The Morgan fingerprint density at radius 3 is 2.75 bits per heavy atom. The lowest BCUT2D eigenvalue weighted by Gasteiger charge is -2.23. The third-order valence-electron chi connectivity index (χ3n) is 3.28. The predicted octanol–water partition coefficient (Wildman–Crippen LogP) is 1.99. The first-order chi connectivity index (χ1) is 8.98. The number of rotatable bonds is 4. The lowest BCUT2D eigenvalue weighted by atomic mass is 10.2. The number of benzene rings is 1. The Bertz CT molecular complexity index is 568. The first-order valence-corrected chi connectivity index (χ1v) is 8.29. The number of nitrogens with two attached hydrogens (primary N) is 1. The summed E-state index contributed by atoms with van der Waals surface area (Å²) < 4.78 is 32.5. The summed E-state index contributed by atoms with van der Waals surface area (Å²) in [6, 6.07) is 4.74. The third kappa shape index (κ3) is 3.46. The summed E-state index contributed by atoms with van der Waals surface area (Å²) in [5, 5.41) is 0.